The molecule has 0 radical (unpaired) electrons. The fraction of sp³-hybridized carbons (Fsp3) is 0.611. The molecule has 5 N–H and O–H groups in total. The molecule has 1 saturated carbocycles. The Morgan fingerprint density at radius 2 is 2.04 bits per heavy atom. The SMILES string of the molecule is CC(C)Nc1cc(Cl)ncc1CNNC(=O)C12CCC(NC(=O)O)(CC1)CO2. The summed E-state index contributed by atoms with van der Waals surface area (Å²) >= 11 is 5.97. The van der Waals surface area contributed by atoms with E-state index in [1.165, 1.54) is 0 Å². The van der Waals surface area contributed by atoms with Crippen LogP contribution in [0.3, 0.4) is 0 Å². The standard InChI is InChI=1S/C18H26ClN5O4/c1-11(2)22-13-7-14(19)20-8-12(13)9-21-24-15(25)18-5-3-17(4-6-18,10-28-18)23-16(26)27/h7-8,11,21,23H,3-6,9-10H2,1-2H3,(H,20,22)(H,24,25)(H,26,27). The van der Waals surface area contributed by atoms with Crippen LogP contribution >= 0.6 is 11.6 Å². The third-order valence-electron chi connectivity index (χ3n) is 5.30. The van der Waals surface area contributed by atoms with E-state index in [9.17, 15) is 9.59 Å². The highest BCUT2D eigenvalue weighted by molar-refractivity contribution is 6.29. The number of carbonyl (C=O) groups excluding carboxylic acids is 1. The van der Waals surface area contributed by atoms with Crippen LogP contribution in [0, 0.1) is 0 Å². The minimum absolute atomic E-state index is 0.205. The van der Waals surface area contributed by atoms with Gasteiger partial charge in [0.25, 0.3) is 5.91 Å². The topological polar surface area (TPSA) is 125 Å². The number of rotatable bonds is 7. The van der Waals surface area contributed by atoms with Crippen molar-refractivity contribution in [2.45, 2.75) is 63.3 Å². The van der Waals surface area contributed by atoms with E-state index in [4.69, 9.17) is 21.4 Å². The van der Waals surface area contributed by atoms with Crippen LogP contribution in [0.2, 0.25) is 5.15 Å². The van der Waals surface area contributed by atoms with Gasteiger partial charge in [-0.15, -0.1) is 0 Å². The summed E-state index contributed by atoms with van der Waals surface area (Å²) in [6.45, 7) is 4.62. The first kappa shape index (κ1) is 20.6. The molecule has 0 spiro atoms. The minimum Gasteiger partial charge on any atom is -0.465 e. The fourth-order valence-electron chi connectivity index (χ4n) is 3.76. The van der Waals surface area contributed by atoms with Gasteiger partial charge in [0.15, 0.2) is 0 Å². The van der Waals surface area contributed by atoms with Gasteiger partial charge in [0.05, 0.1) is 12.1 Å². The van der Waals surface area contributed by atoms with Gasteiger partial charge in [-0.3, -0.25) is 10.2 Å². The zero-order valence-corrected chi connectivity index (χ0v) is 16.7. The highest BCUT2D eigenvalue weighted by Gasteiger charge is 2.54. The smallest absolute Gasteiger partial charge is 0.405 e. The van der Waals surface area contributed by atoms with E-state index in [-0.39, 0.29) is 18.6 Å². The number of hydrazine groups is 1. The van der Waals surface area contributed by atoms with Crippen molar-refractivity contribution in [1.29, 1.82) is 0 Å². The van der Waals surface area contributed by atoms with E-state index in [0.717, 1.165) is 11.3 Å². The minimum atomic E-state index is -1.06. The van der Waals surface area contributed by atoms with Crippen molar-refractivity contribution in [3.05, 3.63) is 23.0 Å². The lowest BCUT2D eigenvalue weighted by atomic mass is 9.71. The summed E-state index contributed by atoms with van der Waals surface area (Å²) in [5.41, 5.74) is 5.90. The number of ether oxygens (including phenoxy) is 1. The summed E-state index contributed by atoms with van der Waals surface area (Å²) in [7, 11) is 0. The average molecular weight is 412 g/mol. The van der Waals surface area contributed by atoms with Gasteiger partial charge in [-0.1, -0.05) is 11.6 Å². The Kier molecular flexibility index (Phi) is 5.97. The first-order valence-electron chi connectivity index (χ1n) is 9.33. The number of pyridine rings is 1. The Balaban J connectivity index is 1.55. The second-order valence-electron chi connectivity index (χ2n) is 7.76. The van der Waals surface area contributed by atoms with Crippen LogP contribution in [0.25, 0.3) is 0 Å². The largest absolute Gasteiger partial charge is 0.465 e. The van der Waals surface area contributed by atoms with Crippen LogP contribution in [-0.4, -0.2) is 45.9 Å². The number of hydrogen-bond acceptors (Lipinski definition) is 6. The predicted octanol–water partition coefficient (Wildman–Crippen LogP) is 2.03. The normalized spacial score (nSPS) is 26.1. The molecule has 28 heavy (non-hydrogen) atoms. The number of nitrogens with one attached hydrogen (secondary N) is 4. The van der Waals surface area contributed by atoms with Gasteiger partial charge in [0.2, 0.25) is 0 Å². The molecule has 0 unspecified atom stereocenters. The molecule has 0 aromatic carbocycles. The van der Waals surface area contributed by atoms with E-state index in [0.29, 0.717) is 37.4 Å². The fourth-order valence-corrected chi connectivity index (χ4v) is 3.91. The Bertz CT molecular complexity index is 733. The molecule has 0 atom stereocenters. The molecular weight excluding hydrogens is 386 g/mol. The highest BCUT2D eigenvalue weighted by atomic mass is 35.5. The first-order valence-corrected chi connectivity index (χ1v) is 9.71. The van der Waals surface area contributed by atoms with Crippen LogP contribution in [0.5, 0.6) is 0 Å². The number of nitrogens with zero attached hydrogens (tertiary/aromatic N) is 1. The Labute approximate surface area is 168 Å². The Morgan fingerprint density at radius 1 is 1.32 bits per heavy atom. The number of hydrogen-bond donors (Lipinski definition) is 5. The molecule has 4 rings (SSSR count). The van der Waals surface area contributed by atoms with Crippen LogP contribution in [0.15, 0.2) is 12.3 Å². The highest BCUT2D eigenvalue weighted by Crippen LogP contribution is 2.43. The third kappa shape index (κ3) is 4.48. The Morgan fingerprint density at radius 3 is 2.61 bits per heavy atom. The maximum Gasteiger partial charge on any atom is 0.405 e. The van der Waals surface area contributed by atoms with Crippen molar-refractivity contribution in [2.24, 2.45) is 0 Å². The number of carboxylic acid groups (broad SMARTS) is 1. The van der Waals surface area contributed by atoms with Crippen molar-refractivity contribution in [2.75, 3.05) is 11.9 Å². The molecule has 2 saturated heterocycles. The lowest BCUT2D eigenvalue weighted by Crippen LogP contribution is -2.67. The maximum atomic E-state index is 12.7. The van der Waals surface area contributed by atoms with Crippen molar-refractivity contribution < 1.29 is 19.4 Å². The van der Waals surface area contributed by atoms with E-state index >= 15 is 0 Å². The van der Waals surface area contributed by atoms with E-state index in [1.807, 2.05) is 13.8 Å². The van der Waals surface area contributed by atoms with Crippen LogP contribution in [0.1, 0.15) is 45.1 Å². The second-order valence-corrected chi connectivity index (χ2v) is 8.15. The van der Waals surface area contributed by atoms with Gasteiger partial charge in [0.1, 0.15) is 10.8 Å². The molecule has 1 aromatic rings. The molecule has 2 aliphatic heterocycles. The summed E-state index contributed by atoms with van der Waals surface area (Å²) in [6.07, 6.45) is 2.71. The molecule has 3 heterocycles. The van der Waals surface area contributed by atoms with Gasteiger partial charge in [-0.25, -0.2) is 15.2 Å². The zero-order chi connectivity index (χ0) is 20.4. The lowest BCUT2D eigenvalue weighted by Gasteiger charge is -2.51. The summed E-state index contributed by atoms with van der Waals surface area (Å²) in [4.78, 5) is 27.8. The zero-order valence-electron chi connectivity index (χ0n) is 16.0. The summed E-state index contributed by atoms with van der Waals surface area (Å²) in [5, 5.41) is 15.2. The summed E-state index contributed by atoms with van der Waals surface area (Å²) in [6, 6.07) is 1.97. The predicted molar refractivity (Wildman–Crippen MR) is 104 cm³/mol. The number of carbonyl (C=O) groups is 2. The first-order chi connectivity index (χ1) is 13.2. The summed E-state index contributed by atoms with van der Waals surface area (Å²) < 4.78 is 5.81. The third-order valence-corrected chi connectivity index (χ3v) is 5.51. The van der Waals surface area contributed by atoms with Crippen LogP contribution in [-0.2, 0) is 16.1 Å². The molecule has 9 nitrogen and oxygen atoms in total. The number of halogens is 1. The van der Waals surface area contributed by atoms with Gasteiger partial charge < -0.3 is 20.5 Å². The molecule has 3 fully saturated rings. The molecule has 154 valence electrons. The summed E-state index contributed by atoms with van der Waals surface area (Å²) in [5.74, 6) is -0.239. The molecule has 3 aliphatic rings. The van der Waals surface area contributed by atoms with Gasteiger partial charge >= 0.3 is 6.09 Å². The number of fused-ring (bicyclic) bond motifs is 3. The number of amides is 2. The molecule has 10 heteroatoms. The van der Waals surface area contributed by atoms with Gasteiger partial charge in [-0.05, 0) is 45.6 Å². The monoisotopic (exact) mass is 411 g/mol. The van der Waals surface area contributed by atoms with Crippen molar-refractivity contribution >= 4 is 29.3 Å². The molecule has 1 aromatic heterocycles. The Hall–Kier alpha value is -2.10. The quantitative estimate of drug-likeness (QED) is 0.343. The van der Waals surface area contributed by atoms with Crippen LogP contribution in [0.4, 0.5) is 10.5 Å². The van der Waals surface area contributed by atoms with Crippen molar-refractivity contribution in [1.82, 2.24) is 21.2 Å². The average Bonchev–Trinajstić information content (AvgIpc) is 2.63. The van der Waals surface area contributed by atoms with Gasteiger partial charge in [0, 0.05) is 30.0 Å². The van der Waals surface area contributed by atoms with Crippen LogP contribution < -0.4 is 21.5 Å². The molecular formula is C18H26ClN5O4. The van der Waals surface area contributed by atoms with Crippen molar-refractivity contribution in [3.63, 3.8) is 0 Å². The number of aromatic nitrogens is 1. The van der Waals surface area contributed by atoms with E-state index < -0.39 is 17.2 Å². The number of anilines is 1. The van der Waals surface area contributed by atoms with Crippen molar-refractivity contribution in [3.8, 4) is 0 Å². The van der Waals surface area contributed by atoms with E-state index in [2.05, 4.69) is 26.5 Å². The molecule has 2 amide bonds. The second kappa shape index (κ2) is 8.10. The molecule has 2 bridgehead atoms. The molecule has 1 aliphatic carbocycles. The lowest BCUT2D eigenvalue weighted by molar-refractivity contribution is -0.181. The maximum absolute atomic E-state index is 12.7. The van der Waals surface area contributed by atoms with Gasteiger partial charge in [-0.2, -0.15) is 0 Å². The van der Waals surface area contributed by atoms with E-state index in [1.54, 1.807) is 12.3 Å².